The van der Waals surface area contributed by atoms with E-state index in [9.17, 15) is 4.79 Å². The molecular formula is C23H18N2O. The van der Waals surface area contributed by atoms with Gasteiger partial charge in [-0.15, -0.1) is 0 Å². The molecule has 0 saturated carbocycles. The van der Waals surface area contributed by atoms with Crippen LogP contribution in [0.15, 0.2) is 71.3 Å². The van der Waals surface area contributed by atoms with E-state index < -0.39 is 0 Å². The quantitative estimate of drug-likeness (QED) is 0.621. The molecule has 1 aliphatic heterocycles. The van der Waals surface area contributed by atoms with Gasteiger partial charge in [-0.1, -0.05) is 48.5 Å². The van der Waals surface area contributed by atoms with Gasteiger partial charge < -0.3 is 0 Å². The molecule has 26 heavy (non-hydrogen) atoms. The molecule has 0 aromatic heterocycles. The minimum Gasteiger partial charge on any atom is -0.267 e. The van der Waals surface area contributed by atoms with Gasteiger partial charge in [-0.2, -0.15) is 10.1 Å². The number of carbonyl (C=O) groups is 1. The van der Waals surface area contributed by atoms with Gasteiger partial charge in [-0.05, 0) is 65.4 Å². The predicted molar refractivity (Wildman–Crippen MR) is 106 cm³/mol. The molecule has 3 heteroatoms. The number of aryl methyl sites for hydroxylation is 2. The van der Waals surface area contributed by atoms with Crippen LogP contribution in [0, 0.1) is 0 Å². The van der Waals surface area contributed by atoms with Crippen LogP contribution in [0.4, 0.5) is 5.69 Å². The van der Waals surface area contributed by atoms with Crippen LogP contribution < -0.4 is 5.01 Å². The molecule has 0 fully saturated rings. The molecule has 0 unspecified atom stereocenters. The molecule has 0 bridgehead atoms. The van der Waals surface area contributed by atoms with Crippen molar-refractivity contribution in [2.24, 2.45) is 5.10 Å². The maximum Gasteiger partial charge on any atom is 0.280 e. The zero-order chi connectivity index (χ0) is 17.7. The van der Waals surface area contributed by atoms with E-state index in [2.05, 4.69) is 35.4 Å². The van der Waals surface area contributed by atoms with Crippen molar-refractivity contribution in [3.8, 4) is 0 Å². The van der Waals surface area contributed by atoms with Crippen LogP contribution in [-0.2, 0) is 17.6 Å². The Hall–Kier alpha value is -3.20. The summed E-state index contributed by atoms with van der Waals surface area (Å²) < 4.78 is 0. The molecule has 3 aromatic carbocycles. The molecule has 1 aliphatic carbocycles. The van der Waals surface area contributed by atoms with Crippen LogP contribution in [0.2, 0.25) is 0 Å². The molecule has 1 heterocycles. The molecule has 1 amide bonds. The summed E-state index contributed by atoms with van der Waals surface area (Å²) in [6, 6.07) is 20.4. The summed E-state index contributed by atoms with van der Waals surface area (Å²) in [4.78, 5) is 12.9. The minimum atomic E-state index is -0.0723. The molecule has 5 rings (SSSR count). The SMILES string of the molecule is CC1=NN(c2ccccc2)C(=O)/C1=C\c1ccc2c3c(cccc13)CC2. The van der Waals surface area contributed by atoms with Gasteiger partial charge in [0.05, 0.1) is 17.0 Å². The Kier molecular flexibility index (Phi) is 3.29. The van der Waals surface area contributed by atoms with E-state index in [4.69, 9.17) is 0 Å². The molecule has 3 aromatic rings. The maximum atomic E-state index is 12.9. The van der Waals surface area contributed by atoms with E-state index in [1.807, 2.05) is 43.3 Å². The number of rotatable bonds is 2. The number of hydrazone groups is 1. The summed E-state index contributed by atoms with van der Waals surface area (Å²) in [7, 11) is 0. The molecule has 0 radical (unpaired) electrons. The number of amides is 1. The number of hydrogen-bond donors (Lipinski definition) is 0. The Morgan fingerprint density at radius 3 is 2.50 bits per heavy atom. The highest BCUT2D eigenvalue weighted by atomic mass is 16.2. The average molecular weight is 338 g/mol. The predicted octanol–water partition coefficient (Wildman–Crippen LogP) is 4.74. The first-order valence-corrected chi connectivity index (χ1v) is 8.92. The van der Waals surface area contributed by atoms with Gasteiger partial charge >= 0.3 is 0 Å². The van der Waals surface area contributed by atoms with Gasteiger partial charge in [-0.3, -0.25) is 4.79 Å². The van der Waals surface area contributed by atoms with E-state index in [1.54, 1.807) is 0 Å². The normalized spacial score (nSPS) is 17.4. The molecular weight excluding hydrogens is 320 g/mol. The zero-order valence-corrected chi connectivity index (χ0v) is 14.6. The van der Waals surface area contributed by atoms with Gasteiger partial charge in [0.1, 0.15) is 0 Å². The van der Waals surface area contributed by atoms with Gasteiger partial charge in [0.25, 0.3) is 5.91 Å². The lowest BCUT2D eigenvalue weighted by Crippen LogP contribution is -2.21. The first-order chi connectivity index (χ1) is 12.7. The second-order valence-electron chi connectivity index (χ2n) is 6.85. The van der Waals surface area contributed by atoms with Gasteiger partial charge in [0, 0.05) is 0 Å². The van der Waals surface area contributed by atoms with Gasteiger partial charge in [-0.25, -0.2) is 0 Å². The molecule has 0 atom stereocenters. The first-order valence-electron chi connectivity index (χ1n) is 8.92. The Labute approximate surface area is 152 Å². The summed E-state index contributed by atoms with van der Waals surface area (Å²) >= 11 is 0. The highest BCUT2D eigenvalue weighted by molar-refractivity contribution is 6.32. The third-order valence-corrected chi connectivity index (χ3v) is 5.27. The van der Waals surface area contributed by atoms with Gasteiger partial charge in [0.15, 0.2) is 0 Å². The topological polar surface area (TPSA) is 32.7 Å². The van der Waals surface area contributed by atoms with Crippen molar-refractivity contribution in [2.75, 3.05) is 5.01 Å². The fraction of sp³-hybridized carbons (Fsp3) is 0.130. The number of anilines is 1. The third-order valence-electron chi connectivity index (χ3n) is 5.27. The largest absolute Gasteiger partial charge is 0.280 e. The van der Waals surface area contributed by atoms with Crippen molar-refractivity contribution in [1.29, 1.82) is 0 Å². The van der Waals surface area contributed by atoms with Crippen LogP contribution >= 0.6 is 0 Å². The highest BCUT2D eigenvalue weighted by Gasteiger charge is 2.28. The third kappa shape index (κ3) is 2.21. The molecule has 0 spiro atoms. The lowest BCUT2D eigenvalue weighted by atomic mass is 9.97. The van der Waals surface area contributed by atoms with Crippen molar-refractivity contribution in [2.45, 2.75) is 19.8 Å². The van der Waals surface area contributed by atoms with E-state index in [0.29, 0.717) is 5.57 Å². The standard InChI is InChI=1S/C23H18N2O/c1-15-21(23(26)25(24-15)19-7-3-2-4-8-19)14-18-13-12-17-11-10-16-6-5-9-20(18)22(16)17/h2-9,12-14H,10-11H2,1H3/b21-14-. The number of carbonyl (C=O) groups excluding carboxylic acids is 1. The van der Waals surface area contributed by atoms with Crippen molar-refractivity contribution in [3.05, 3.63) is 82.9 Å². The van der Waals surface area contributed by atoms with E-state index in [-0.39, 0.29) is 5.91 Å². The number of nitrogens with zero attached hydrogens (tertiary/aromatic N) is 2. The first kappa shape index (κ1) is 15.1. The summed E-state index contributed by atoms with van der Waals surface area (Å²) in [6.07, 6.45) is 4.20. The number of benzene rings is 3. The zero-order valence-electron chi connectivity index (χ0n) is 14.6. The number of para-hydroxylation sites is 1. The summed E-state index contributed by atoms with van der Waals surface area (Å²) in [6.45, 7) is 1.90. The number of hydrogen-bond acceptors (Lipinski definition) is 2. The van der Waals surface area contributed by atoms with Gasteiger partial charge in [0.2, 0.25) is 0 Å². The lowest BCUT2D eigenvalue weighted by Gasteiger charge is -2.11. The summed E-state index contributed by atoms with van der Waals surface area (Å²) in [5.41, 5.74) is 6.11. The smallest absolute Gasteiger partial charge is 0.267 e. The second-order valence-corrected chi connectivity index (χ2v) is 6.85. The highest BCUT2D eigenvalue weighted by Crippen LogP contribution is 2.34. The maximum absolute atomic E-state index is 12.9. The van der Waals surface area contributed by atoms with Crippen LogP contribution in [0.3, 0.4) is 0 Å². The molecule has 3 nitrogen and oxygen atoms in total. The van der Waals surface area contributed by atoms with Crippen molar-refractivity contribution >= 4 is 34.2 Å². The Bertz CT molecular complexity index is 1100. The van der Waals surface area contributed by atoms with E-state index >= 15 is 0 Å². The van der Waals surface area contributed by atoms with E-state index in [1.165, 1.54) is 26.9 Å². The van der Waals surface area contributed by atoms with Crippen LogP contribution in [0.1, 0.15) is 23.6 Å². The van der Waals surface area contributed by atoms with E-state index in [0.717, 1.165) is 29.8 Å². The fourth-order valence-corrected chi connectivity index (χ4v) is 3.98. The molecule has 2 aliphatic rings. The average Bonchev–Trinajstić information content (AvgIpc) is 3.22. The lowest BCUT2D eigenvalue weighted by molar-refractivity contribution is -0.114. The Morgan fingerprint density at radius 1 is 0.923 bits per heavy atom. The van der Waals surface area contributed by atoms with Crippen molar-refractivity contribution < 1.29 is 4.79 Å². The van der Waals surface area contributed by atoms with Crippen LogP contribution in [0.5, 0.6) is 0 Å². The monoisotopic (exact) mass is 338 g/mol. The van der Waals surface area contributed by atoms with Crippen molar-refractivity contribution in [3.63, 3.8) is 0 Å². The Balaban J connectivity index is 1.61. The molecule has 126 valence electrons. The summed E-state index contributed by atoms with van der Waals surface area (Å²) in [5, 5.41) is 8.55. The van der Waals surface area contributed by atoms with Crippen LogP contribution in [-0.4, -0.2) is 11.6 Å². The second kappa shape index (κ2) is 5.67. The molecule has 0 N–H and O–H groups in total. The minimum absolute atomic E-state index is 0.0723. The molecule has 0 saturated heterocycles. The Morgan fingerprint density at radius 2 is 1.69 bits per heavy atom. The fourth-order valence-electron chi connectivity index (χ4n) is 3.98. The summed E-state index contributed by atoms with van der Waals surface area (Å²) in [5.74, 6) is -0.0723. The van der Waals surface area contributed by atoms with Crippen molar-refractivity contribution in [1.82, 2.24) is 0 Å². The van der Waals surface area contributed by atoms with Crippen LogP contribution in [0.25, 0.3) is 16.8 Å².